The molecule has 0 aromatic carbocycles. The van der Waals surface area contributed by atoms with E-state index in [1.807, 2.05) is 0 Å². The standard InChI is InChI=1S/C11H20N2OS/c1-5-9(6-2)13(4)11-12-7-10(15-11)8(3)14/h7-9,14H,5-6H2,1-4H3. The van der Waals surface area contributed by atoms with Gasteiger partial charge in [0, 0.05) is 19.3 Å². The molecular weight excluding hydrogens is 208 g/mol. The second-order valence-electron chi connectivity index (χ2n) is 3.80. The highest BCUT2D eigenvalue weighted by atomic mass is 32.1. The van der Waals surface area contributed by atoms with Crippen LogP contribution in [0, 0.1) is 0 Å². The fourth-order valence-electron chi connectivity index (χ4n) is 1.63. The third kappa shape index (κ3) is 2.92. The minimum atomic E-state index is -0.411. The van der Waals surface area contributed by atoms with Crippen LogP contribution in [0.5, 0.6) is 0 Å². The Morgan fingerprint density at radius 3 is 2.47 bits per heavy atom. The SMILES string of the molecule is CCC(CC)N(C)c1ncc(C(C)O)s1. The first kappa shape index (κ1) is 12.5. The first-order chi connectivity index (χ1) is 7.10. The predicted molar refractivity (Wildman–Crippen MR) is 65.5 cm³/mol. The number of nitrogens with zero attached hydrogens (tertiary/aromatic N) is 2. The van der Waals surface area contributed by atoms with Crippen molar-refractivity contribution in [1.29, 1.82) is 0 Å². The molecule has 0 bridgehead atoms. The summed E-state index contributed by atoms with van der Waals surface area (Å²) in [7, 11) is 2.07. The molecule has 0 aliphatic carbocycles. The lowest BCUT2D eigenvalue weighted by atomic mass is 10.1. The normalized spacial score (nSPS) is 13.2. The summed E-state index contributed by atoms with van der Waals surface area (Å²) in [6.07, 6.45) is 3.60. The fraction of sp³-hybridized carbons (Fsp3) is 0.727. The highest BCUT2D eigenvalue weighted by Gasteiger charge is 2.15. The Morgan fingerprint density at radius 1 is 1.47 bits per heavy atom. The van der Waals surface area contributed by atoms with Crippen molar-refractivity contribution in [2.45, 2.75) is 45.8 Å². The van der Waals surface area contributed by atoms with E-state index in [2.05, 4.69) is 30.8 Å². The van der Waals surface area contributed by atoms with Gasteiger partial charge in [0.05, 0.1) is 11.0 Å². The summed E-state index contributed by atoms with van der Waals surface area (Å²) in [4.78, 5) is 7.48. The van der Waals surface area contributed by atoms with Crippen LogP contribution in [0.2, 0.25) is 0 Å². The third-order valence-electron chi connectivity index (χ3n) is 2.72. The first-order valence-corrected chi connectivity index (χ1v) is 6.28. The Morgan fingerprint density at radius 2 is 2.07 bits per heavy atom. The van der Waals surface area contributed by atoms with Gasteiger partial charge in [-0.3, -0.25) is 0 Å². The number of anilines is 1. The van der Waals surface area contributed by atoms with Crippen LogP contribution in [-0.2, 0) is 0 Å². The Kier molecular flexibility index (Phi) is 4.54. The molecule has 1 aromatic heterocycles. The lowest BCUT2D eigenvalue weighted by Gasteiger charge is -2.25. The summed E-state index contributed by atoms with van der Waals surface area (Å²) in [5.74, 6) is 0. The molecule has 0 saturated carbocycles. The van der Waals surface area contributed by atoms with Crippen LogP contribution in [0.4, 0.5) is 5.13 Å². The minimum absolute atomic E-state index is 0.411. The Hall–Kier alpha value is -0.610. The second-order valence-corrected chi connectivity index (χ2v) is 4.84. The number of aliphatic hydroxyl groups is 1. The van der Waals surface area contributed by atoms with Gasteiger partial charge >= 0.3 is 0 Å². The smallest absolute Gasteiger partial charge is 0.185 e. The van der Waals surface area contributed by atoms with Crippen LogP contribution in [0.15, 0.2) is 6.20 Å². The monoisotopic (exact) mass is 228 g/mol. The maximum Gasteiger partial charge on any atom is 0.185 e. The molecule has 1 unspecified atom stereocenters. The van der Waals surface area contributed by atoms with Crippen molar-refractivity contribution in [3.8, 4) is 0 Å². The molecule has 4 heteroatoms. The summed E-state index contributed by atoms with van der Waals surface area (Å²) in [5, 5.41) is 10.4. The van der Waals surface area contributed by atoms with E-state index in [0.29, 0.717) is 6.04 Å². The van der Waals surface area contributed by atoms with Crippen molar-refractivity contribution in [3.05, 3.63) is 11.1 Å². The zero-order chi connectivity index (χ0) is 11.4. The van der Waals surface area contributed by atoms with E-state index in [0.717, 1.165) is 22.9 Å². The van der Waals surface area contributed by atoms with E-state index in [4.69, 9.17) is 0 Å². The second kappa shape index (κ2) is 5.47. The van der Waals surface area contributed by atoms with Gasteiger partial charge in [0.25, 0.3) is 0 Å². The van der Waals surface area contributed by atoms with Crippen LogP contribution in [-0.4, -0.2) is 23.2 Å². The van der Waals surface area contributed by atoms with Crippen molar-refractivity contribution >= 4 is 16.5 Å². The van der Waals surface area contributed by atoms with Crippen molar-refractivity contribution in [3.63, 3.8) is 0 Å². The zero-order valence-electron chi connectivity index (χ0n) is 9.90. The summed E-state index contributed by atoms with van der Waals surface area (Å²) < 4.78 is 0. The van der Waals surface area contributed by atoms with Crippen LogP contribution >= 0.6 is 11.3 Å². The molecule has 0 aliphatic rings. The van der Waals surface area contributed by atoms with Gasteiger partial charge < -0.3 is 10.0 Å². The molecule has 15 heavy (non-hydrogen) atoms. The van der Waals surface area contributed by atoms with E-state index in [1.165, 1.54) is 0 Å². The van der Waals surface area contributed by atoms with Gasteiger partial charge in [-0.05, 0) is 19.8 Å². The van der Waals surface area contributed by atoms with E-state index >= 15 is 0 Å². The number of aliphatic hydroxyl groups excluding tert-OH is 1. The van der Waals surface area contributed by atoms with Crippen molar-refractivity contribution in [2.75, 3.05) is 11.9 Å². The molecule has 0 aliphatic heterocycles. The van der Waals surface area contributed by atoms with Gasteiger partial charge in [0.15, 0.2) is 5.13 Å². The molecule has 0 spiro atoms. The Labute approximate surface area is 95.8 Å². The molecule has 1 heterocycles. The van der Waals surface area contributed by atoms with Gasteiger partial charge in [-0.25, -0.2) is 4.98 Å². The molecule has 86 valence electrons. The zero-order valence-corrected chi connectivity index (χ0v) is 10.7. The van der Waals surface area contributed by atoms with Gasteiger partial charge in [0.2, 0.25) is 0 Å². The van der Waals surface area contributed by atoms with Crippen molar-refractivity contribution < 1.29 is 5.11 Å². The molecule has 0 saturated heterocycles. The van der Waals surface area contributed by atoms with E-state index in [9.17, 15) is 5.11 Å². The van der Waals surface area contributed by atoms with Gasteiger partial charge in [-0.1, -0.05) is 25.2 Å². The molecule has 1 aromatic rings. The largest absolute Gasteiger partial charge is 0.388 e. The van der Waals surface area contributed by atoms with E-state index < -0.39 is 6.10 Å². The predicted octanol–water partition coefficient (Wildman–Crippen LogP) is 2.82. The number of thiazole rings is 1. The maximum atomic E-state index is 9.42. The highest BCUT2D eigenvalue weighted by molar-refractivity contribution is 7.15. The molecule has 1 N–H and O–H groups in total. The lowest BCUT2D eigenvalue weighted by molar-refractivity contribution is 0.203. The molecular formula is C11H20N2OS. The highest BCUT2D eigenvalue weighted by Crippen LogP contribution is 2.28. The average molecular weight is 228 g/mol. The molecule has 0 amide bonds. The number of hydrogen-bond acceptors (Lipinski definition) is 4. The summed E-state index contributed by atoms with van der Waals surface area (Å²) in [6, 6.07) is 0.540. The molecule has 0 fully saturated rings. The van der Waals surface area contributed by atoms with Crippen LogP contribution in [0.25, 0.3) is 0 Å². The van der Waals surface area contributed by atoms with Crippen LogP contribution in [0.3, 0.4) is 0 Å². The summed E-state index contributed by atoms with van der Waals surface area (Å²) in [6.45, 7) is 6.15. The van der Waals surface area contributed by atoms with E-state index in [1.54, 1.807) is 24.5 Å². The minimum Gasteiger partial charge on any atom is -0.388 e. The average Bonchev–Trinajstić information content (AvgIpc) is 2.68. The van der Waals surface area contributed by atoms with Gasteiger partial charge in [-0.15, -0.1) is 0 Å². The first-order valence-electron chi connectivity index (χ1n) is 5.46. The number of rotatable bonds is 5. The van der Waals surface area contributed by atoms with Gasteiger partial charge in [-0.2, -0.15) is 0 Å². The Balaban J connectivity index is 2.77. The summed E-state index contributed by atoms with van der Waals surface area (Å²) in [5.41, 5.74) is 0. The molecule has 0 radical (unpaired) electrons. The molecule has 1 rings (SSSR count). The molecule has 1 atom stereocenters. The Bertz CT molecular complexity index is 295. The van der Waals surface area contributed by atoms with Crippen molar-refractivity contribution in [1.82, 2.24) is 4.98 Å². The van der Waals surface area contributed by atoms with Crippen LogP contribution < -0.4 is 4.90 Å². The van der Waals surface area contributed by atoms with Crippen molar-refractivity contribution in [2.24, 2.45) is 0 Å². The quantitative estimate of drug-likeness (QED) is 0.842. The maximum absolute atomic E-state index is 9.42. The topological polar surface area (TPSA) is 36.4 Å². The van der Waals surface area contributed by atoms with Gasteiger partial charge in [0.1, 0.15) is 0 Å². The number of hydrogen-bond donors (Lipinski definition) is 1. The third-order valence-corrected chi connectivity index (χ3v) is 3.97. The summed E-state index contributed by atoms with van der Waals surface area (Å²) >= 11 is 1.57. The molecule has 3 nitrogen and oxygen atoms in total. The van der Waals surface area contributed by atoms with E-state index in [-0.39, 0.29) is 0 Å². The van der Waals surface area contributed by atoms with Crippen LogP contribution in [0.1, 0.15) is 44.6 Å². The lowest BCUT2D eigenvalue weighted by Crippen LogP contribution is -2.30. The fourth-order valence-corrected chi connectivity index (χ4v) is 2.51. The number of aromatic nitrogens is 1.